The van der Waals surface area contributed by atoms with E-state index in [1.54, 1.807) is 0 Å². The summed E-state index contributed by atoms with van der Waals surface area (Å²) in [5.74, 6) is 0. The van der Waals surface area contributed by atoms with Gasteiger partial charge in [-0.25, -0.2) is 0 Å². The van der Waals surface area contributed by atoms with Crippen LogP contribution in [-0.2, 0) is 11.2 Å². The van der Waals surface area contributed by atoms with Crippen LogP contribution < -0.4 is 0 Å². The first-order valence-electron chi connectivity index (χ1n) is 6.04. The molecule has 0 saturated carbocycles. The molecule has 0 radical (unpaired) electrons. The van der Waals surface area contributed by atoms with Crippen molar-refractivity contribution in [3.63, 3.8) is 0 Å². The van der Waals surface area contributed by atoms with Gasteiger partial charge in [-0.15, -0.1) is 0 Å². The number of fused-ring (bicyclic) bond motifs is 3. The van der Waals surface area contributed by atoms with Gasteiger partial charge in [0.15, 0.2) is 0 Å². The molecule has 0 aliphatic carbocycles. The lowest BCUT2D eigenvalue weighted by Crippen LogP contribution is -2.05. The van der Waals surface area contributed by atoms with Crippen LogP contribution in [0.3, 0.4) is 0 Å². The second-order valence-corrected chi connectivity index (χ2v) is 4.65. The number of aliphatic hydroxyl groups is 1. The van der Waals surface area contributed by atoms with Crippen LogP contribution in [-0.4, -0.2) is 18.3 Å². The Morgan fingerprint density at radius 2 is 2.00 bits per heavy atom. The Labute approximate surface area is 101 Å². The first-order valence-corrected chi connectivity index (χ1v) is 6.04. The van der Waals surface area contributed by atoms with E-state index in [2.05, 4.69) is 37.3 Å². The molecule has 3 rings (SSSR count). The highest BCUT2D eigenvalue weighted by Gasteiger charge is 2.19. The molecule has 2 aromatic carbocycles. The number of hydrogen-bond donors (Lipinski definition) is 1. The molecule has 1 N–H and O–H groups in total. The maximum absolute atomic E-state index is 10.1. The number of rotatable bonds is 0. The lowest BCUT2D eigenvalue weighted by atomic mass is 9.91. The van der Waals surface area contributed by atoms with E-state index in [1.807, 2.05) is 0 Å². The third-order valence-electron chi connectivity index (χ3n) is 3.53. The summed E-state index contributed by atoms with van der Waals surface area (Å²) in [5, 5.41) is 12.6. The monoisotopic (exact) mass is 228 g/mol. The summed E-state index contributed by atoms with van der Waals surface area (Å²) in [7, 11) is 0. The van der Waals surface area contributed by atoms with Crippen LogP contribution in [0, 0.1) is 6.92 Å². The third kappa shape index (κ3) is 1.74. The number of benzene rings is 2. The predicted molar refractivity (Wildman–Crippen MR) is 68.2 cm³/mol. The smallest absolute Gasteiger partial charge is 0.103 e. The van der Waals surface area contributed by atoms with Gasteiger partial charge in [0, 0.05) is 0 Å². The number of ether oxygens (including phenoxy) is 1. The molecule has 1 atom stereocenters. The summed E-state index contributed by atoms with van der Waals surface area (Å²) in [6, 6.07) is 10.5. The van der Waals surface area contributed by atoms with Crippen molar-refractivity contribution in [2.24, 2.45) is 0 Å². The van der Waals surface area contributed by atoms with Crippen molar-refractivity contribution < 1.29 is 9.84 Å². The molecule has 17 heavy (non-hydrogen) atoms. The van der Waals surface area contributed by atoms with Gasteiger partial charge in [-0.1, -0.05) is 30.3 Å². The molecule has 0 aromatic heterocycles. The van der Waals surface area contributed by atoms with Gasteiger partial charge in [0.05, 0.1) is 13.2 Å². The van der Waals surface area contributed by atoms with Crippen LogP contribution in [0.2, 0.25) is 0 Å². The average molecular weight is 228 g/mol. The summed E-state index contributed by atoms with van der Waals surface area (Å²) in [4.78, 5) is 0. The molecule has 1 unspecified atom stereocenters. The highest BCUT2D eigenvalue weighted by Crippen LogP contribution is 2.31. The standard InChI is InChI=1S/C15H16O2/c1-10-8-14-13(6-7-17-9-15(14)16)12-5-3-2-4-11(10)12/h2-5,8,15-16H,6-7,9H2,1H3. The molecule has 1 aliphatic rings. The van der Waals surface area contributed by atoms with E-state index in [1.165, 1.54) is 21.9 Å². The normalized spacial score (nSPS) is 20.0. The van der Waals surface area contributed by atoms with Crippen molar-refractivity contribution in [2.45, 2.75) is 19.4 Å². The van der Waals surface area contributed by atoms with E-state index in [9.17, 15) is 5.11 Å². The van der Waals surface area contributed by atoms with Crippen LogP contribution in [0.5, 0.6) is 0 Å². The van der Waals surface area contributed by atoms with Crippen molar-refractivity contribution in [3.8, 4) is 0 Å². The minimum atomic E-state index is -0.490. The van der Waals surface area contributed by atoms with Crippen LogP contribution in [0.15, 0.2) is 30.3 Å². The first-order chi connectivity index (χ1) is 8.27. The zero-order valence-electron chi connectivity index (χ0n) is 9.94. The van der Waals surface area contributed by atoms with Crippen LogP contribution in [0.1, 0.15) is 22.8 Å². The SMILES string of the molecule is Cc1cc2c(c3ccccc13)CCOCC2O. The maximum Gasteiger partial charge on any atom is 0.103 e. The summed E-state index contributed by atoms with van der Waals surface area (Å²) in [6.45, 7) is 3.20. The summed E-state index contributed by atoms with van der Waals surface area (Å²) in [6.07, 6.45) is 0.392. The molecule has 2 nitrogen and oxygen atoms in total. The fourth-order valence-electron chi connectivity index (χ4n) is 2.68. The Bertz CT molecular complexity index is 560. The lowest BCUT2D eigenvalue weighted by Gasteiger charge is -2.15. The molecule has 0 fully saturated rings. The molecule has 88 valence electrons. The van der Waals surface area contributed by atoms with Crippen molar-refractivity contribution in [1.82, 2.24) is 0 Å². The molecule has 0 amide bonds. The van der Waals surface area contributed by atoms with E-state index in [4.69, 9.17) is 4.74 Å². The molecule has 2 aromatic rings. The minimum Gasteiger partial charge on any atom is -0.386 e. The maximum atomic E-state index is 10.1. The van der Waals surface area contributed by atoms with Crippen LogP contribution in [0.25, 0.3) is 10.8 Å². The van der Waals surface area contributed by atoms with Gasteiger partial charge in [-0.2, -0.15) is 0 Å². The van der Waals surface area contributed by atoms with E-state index < -0.39 is 6.10 Å². The van der Waals surface area contributed by atoms with Gasteiger partial charge < -0.3 is 9.84 Å². The minimum absolute atomic E-state index is 0.408. The van der Waals surface area contributed by atoms with Crippen molar-refractivity contribution in [3.05, 3.63) is 47.0 Å². The Balaban J connectivity index is 2.34. The van der Waals surface area contributed by atoms with E-state index in [-0.39, 0.29) is 0 Å². The van der Waals surface area contributed by atoms with Crippen molar-refractivity contribution in [1.29, 1.82) is 0 Å². The molecule has 2 heteroatoms. The molecule has 0 saturated heterocycles. The van der Waals surface area contributed by atoms with E-state index in [0.717, 1.165) is 12.0 Å². The van der Waals surface area contributed by atoms with E-state index >= 15 is 0 Å². The van der Waals surface area contributed by atoms with Crippen molar-refractivity contribution in [2.75, 3.05) is 13.2 Å². The highest BCUT2D eigenvalue weighted by molar-refractivity contribution is 5.89. The highest BCUT2D eigenvalue weighted by atomic mass is 16.5. The van der Waals surface area contributed by atoms with Gasteiger partial charge in [0.1, 0.15) is 6.10 Å². The Kier molecular flexibility index (Phi) is 2.61. The molecule has 0 spiro atoms. The Hall–Kier alpha value is -1.38. The fraction of sp³-hybridized carbons (Fsp3) is 0.333. The Morgan fingerprint density at radius 1 is 1.24 bits per heavy atom. The molecular formula is C15H16O2. The summed E-state index contributed by atoms with van der Waals surface area (Å²) >= 11 is 0. The fourth-order valence-corrected chi connectivity index (χ4v) is 2.68. The summed E-state index contributed by atoms with van der Waals surface area (Å²) in [5.41, 5.74) is 3.51. The number of aliphatic hydroxyl groups excluding tert-OH is 1. The molecular weight excluding hydrogens is 212 g/mol. The zero-order chi connectivity index (χ0) is 11.8. The van der Waals surface area contributed by atoms with Gasteiger partial charge >= 0.3 is 0 Å². The summed E-state index contributed by atoms with van der Waals surface area (Å²) < 4.78 is 5.43. The van der Waals surface area contributed by atoms with Gasteiger partial charge in [-0.05, 0) is 40.8 Å². The van der Waals surface area contributed by atoms with Crippen LogP contribution in [0.4, 0.5) is 0 Å². The average Bonchev–Trinajstić information content (AvgIpc) is 2.53. The van der Waals surface area contributed by atoms with Gasteiger partial charge in [-0.3, -0.25) is 0 Å². The number of aryl methyl sites for hydroxylation is 1. The van der Waals surface area contributed by atoms with E-state index in [0.29, 0.717) is 13.2 Å². The predicted octanol–water partition coefficient (Wildman–Crippen LogP) is 2.75. The molecule has 1 heterocycles. The van der Waals surface area contributed by atoms with Gasteiger partial charge in [0.2, 0.25) is 0 Å². The molecule has 0 bridgehead atoms. The van der Waals surface area contributed by atoms with Crippen LogP contribution >= 0.6 is 0 Å². The first kappa shape index (κ1) is 10.8. The second kappa shape index (κ2) is 4.13. The number of hydrogen-bond acceptors (Lipinski definition) is 2. The Morgan fingerprint density at radius 3 is 2.82 bits per heavy atom. The largest absolute Gasteiger partial charge is 0.386 e. The topological polar surface area (TPSA) is 29.5 Å². The third-order valence-corrected chi connectivity index (χ3v) is 3.53. The molecule has 1 aliphatic heterocycles. The van der Waals surface area contributed by atoms with Crippen molar-refractivity contribution >= 4 is 10.8 Å². The lowest BCUT2D eigenvalue weighted by molar-refractivity contribution is 0.0451. The quantitative estimate of drug-likeness (QED) is 0.751. The second-order valence-electron chi connectivity index (χ2n) is 4.65. The van der Waals surface area contributed by atoms with Gasteiger partial charge in [0.25, 0.3) is 0 Å². The zero-order valence-corrected chi connectivity index (χ0v) is 9.94.